The summed E-state index contributed by atoms with van der Waals surface area (Å²) in [4.78, 5) is 17.1. The van der Waals surface area contributed by atoms with Crippen molar-refractivity contribution in [1.82, 2.24) is 14.9 Å². The Balaban J connectivity index is 1.34. The topological polar surface area (TPSA) is 46.9 Å². The van der Waals surface area contributed by atoms with Crippen molar-refractivity contribution in [2.45, 2.75) is 32.2 Å². The zero-order valence-corrected chi connectivity index (χ0v) is 20.3. The first-order chi connectivity index (χ1) is 16.0. The Bertz CT molecular complexity index is 1250. The molecular weight excluding hydrogens is 477 g/mol. The molecular formula is C26H24Cl3N3O. The first kappa shape index (κ1) is 23.6. The Labute approximate surface area is 208 Å². The molecule has 0 fully saturated rings. The molecule has 7 heteroatoms. The second kappa shape index (κ2) is 11.1. The molecule has 0 aliphatic heterocycles. The quantitative estimate of drug-likeness (QED) is 0.247. The van der Waals surface area contributed by atoms with Crippen LogP contribution in [0.2, 0.25) is 15.1 Å². The number of aryl methyl sites for hydroxylation is 1. The summed E-state index contributed by atoms with van der Waals surface area (Å²) in [6, 6.07) is 20.7. The summed E-state index contributed by atoms with van der Waals surface area (Å²) in [5, 5.41) is 4.87. The average Bonchev–Trinajstić information content (AvgIpc) is 3.15. The van der Waals surface area contributed by atoms with Crippen LogP contribution in [-0.4, -0.2) is 22.0 Å². The number of nitrogens with one attached hydrogen (secondary N) is 1. The maximum Gasteiger partial charge on any atom is 0.251 e. The van der Waals surface area contributed by atoms with E-state index in [-0.39, 0.29) is 5.91 Å². The number of amides is 1. The van der Waals surface area contributed by atoms with E-state index in [1.54, 1.807) is 30.3 Å². The van der Waals surface area contributed by atoms with Crippen molar-refractivity contribution in [2.75, 3.05) is 6.54 Å². The molecule has 0 aliphatic carbocycles. The van der Waals surface area contributed by atoms with Crippen LogP contribution < -0.4 is 5.32 Å². The lowest BCUT2D eigenvalue weighted by Gasteiger charge is -2.11. The molecule has 33 heavy (non-hydrogen) atoms. The Morgan fingerprint density at radius 3 is 2.42 bits per heavy atom. The van der Waals surface area contributed by atoms with Gasteiger partial charge >= 0.3 is 0 Å². The summed E-state index contributed by atoms with van der Waals surface area (Å²) < 4.78 is 2.23. The fourth-order valence-electron chi connectivity index (χ4n) is 3.80. The average molecular weight is 501 g/mol. The molecule has 1 aromatic heterocycles. The molecule has 0 saturated carbocycles. The summed E-state index contributed by atoms with van der Waals surface area (Å²) in [5.41, 5.74) is 3.70. The van der Waals surface area contributed by atoms with E-state index in [2.05, 4.69) is 16.0 Å². The van der Waals surface area contributed by atoms with E-state index in [1.165, 1.54) is 0 Å². The van der Waals surface area contributed by atoms with Crippen LogP contribution in [-0.2, 0) is 13.0 Å². The Kier molecular flexibility index (Phi) is 7.92. The minimum Gasteiger partial charge on any atom is -0.352 e. The van der Waals surface area contributed by atoms with Gasteiger partial charge in [-0.2, -0.15) is 0 Å². The smallest absolute Gasteiger partial charge is 0.251 e. The van der Waals surface area contributed by atoms with Crippen molar-refractivity contribution >= 4 is 51.7 Å². The molecule has 0 spiro atoms. The van der Waals surface area contributed by atoms with Crippen molar-refractivity contribution in [3.63, 3.8) is 0 Å². The third-order valence-corrected chi connectivity index (χ3v) is 6.39. The SMILES string of the molecule is O=C(NCCCCCc1nc2ccccc2n1Cc1ccc(Cl)cc1Cl)c1ccc(Cl)cc1. The monoisotopic (exact) mass is 499 g/mol. The molecule has 0 aliphatic rings. The van der Waals surface area contributed by atoms with Gasteiger partial charge < -0.3 is 9.88 Å². The largest absolute Gasteiger partial charge is 0.352 e. The van der Waals surface area contributed by atoms with Crippen LogP contribution in [0, 0.1) is 0 Å². The van der Waals surface area contributed by atoms with Crippen LogP contribution >= 0.6 is 34.8 Å². The highest BCUT2D eigenvalue weighted by Gasteiger charge is 2.12. The van der Waals surface area contributed by atoms with Gasteiger partial charge in [-0.05, 0) is 66.9 Å². The van der Waals surface area contributed by atoms with Gasteiger partial charge in [0.1, 0.15) is 5.82 Å². The van der Waals surface area contributed by atoms with Gasteiger partial charge in [-0.1, -0.05) is 59.4 Å². The Morgan fingerprint density at radius 2 is 1.64 bits per heavy atom. The number of nitrogens with zero attached hydrogens (tertiary/aromatic N) is 2. The van der Waals surface area contributed by atoms with E-state index in [0.29, 0.717) is 33.7 Å². The fourth-order valence-corrected chi connectivity index (χ4v) is 4.40. The second-order valence-electron chi connectivity index (χ2n) is 7.91. The van der Waals surface area contributed by atoms with Gasteiger partial charge in [-0.15, -0.1) is 0 Å². The third-order valence-electron chi connectivity index (χ3n) is 5.55. The molecule has 3 aromatic carbocycles. The lowest BCUT2D eigenvalue weighted by molar-refractivity contribution is 0.0953. The number of carbonyl (C=O) groups excluding carboxylic acids is 1. The molecule has 0 saturated heterocycles. The molecule has 0 bridgehead atoms. The molecule has 4 aromatic rings. The van der Waals surface area contributed by atoms with E-state index in [0.717, 1.165) is 48.1 Å². The molecule has 1 N–H and O–H groups in total. The fraction of sp³-hybridized carbons (Fsp3) is 0.231. The van der Waals surface area contributed by atoms with Crippen LogP contribution in [0.25, 0.3) is 11.0 Å². The summed E-state index contributed by atoms with van der Waals surface area (Å²) in [6.45, 7) is 1.28. The molecule has 1 heterocycles. The Hall–Kier alpha value is -2.53. The van der Waals surface area contributed by atoms with Crippen molar-refractivity contribution in [3.8, 4) is 0 Å². The van der Waals surface area contributed by atoms with E-state index < -0.39 is 0 Å². The normalized spacial score (nSPS) is 11.1. The van der Waals surface area contributed by atoms with Crippen molar-refractivity contribution < 1.29 is 4.79 Å². The van der Waals surface area contributed by atoms with Crippen LogP contribution in [0.4, 0.5) is 0 Å². The van der Waals surface area contributed by atoms with Gasteiger partial charge in [0.05, 0.1) is 17.6 Å². The predicted molar refractivity (Wildman–Crippen MR) is 137 cm³/mol. The number of halogens is 3. The molecule has 0 atom stereocenters. The number of imidazole rings is 1. The number of fused-ring (bicyclic) bond motifs is 1. The molecule has 0 unspecified atom stereocenters. The number of carbonyl (C=O) groups is 1. The van der Waals surface area contributed by atoms with E-state index >= 15 is 0 Å². The van der Waals surface area contributed by atoms with Gasteiger partial charge in [0.2, 0.25) is 0 Å². The minimum absolute atomic E-state index is 0.0756. The summed E-state index contributed by atoms with van der Waals surface area (Å²) in [6.07, 6.45) is 3.73. The van der Waals surface area contributed by atoms with Gasteiger partial charge in [0.15, 0.2) is 0 Å². The standard InChI is InChI=1S/C26H24Cl3N3O/c27-20-12-9-18(10-13-20)26(33)30-15-5-1-2-8-25-31-23-6-3-4-7-24(23)32(25)17-19-11-14-21(28)16-22(19)29/h3-4,6-7,9-14,16H,1-2,5,8,15,17H2,(H,30,33). The molecule has 4 nitrogen and oxygen atoms in total. The molecule has 170 valence electrons. The summed E-state index contributed by atoms with van der Waals surface area (Å²) in [5.74, 6) is 0.959. The number of hydrogen-bond donors (Lipinski definition) is 1. The van der Waals surface area contributed by atoms with Crippen LogP contribution in [0.5, 0.6) is 0 Å². The van der Waals surface area contributed by atoms with Crippen LogP contribution in [0.15, 0.2) is 66.7 Å². The van der Waals surface area contributed by atoms with E-state index in [9.17, 15) is 4.79 Å². The molecule has 4 rings (SSSR count). The van der Waals surface area contributed by atoms with E-state index in [4.69, 9.17) is 39.8 Å². The van der Waals surface area contributed by atoms with Crippen molar-refractivity contribution in [2.24, 2.45) is 0 Å². The van der Waals surface area contributed by atoms with Gasteiger partial charge in [-0.25, -0.2) is 4.98 Å². The van der Waals surface area contributed by atoms with Crippen LogP contribution in [0.3, 0.4) is 0 Å². The number of aromatic nitrogens is 2. The number of para-hydroxylation sites is 2. The lowest BCUT2D eigenvalue weighted by Crippen LogP contribution is -2.24. The first-order valence-electron chi connectivity index (χ1n) is 10.9. The van der Waals surface area contributed by atoms with Gasteiger partial charge in [0.25, 0.3) is 5.91 Å². The number of benzene rings is 3. The summed E-state index contributed by atoms with van der Waals surface area (Å²) in [7, 11) is 0. The highest BCUT2D eigenvalue weighted by atomic mass is 35.5. The minimum atomic E-state index is -0.0756. The highest BCUT2D eigenvalue weighted by Crippen LogP contribution is 2.25. The first-order valence-corrected chi connectivity index (χ1v) is 12.1. The van der Waals surface area contributed by atoms with Gasteiger partial charge in [-0.3, -0.25) is 4.79 Å². The van der Waals surface area contributed by atoms with Crippen LogP contribution in [0.1, 0.15) is 41.0 Å². The molecule has 1 amide bonds. The zero-order valence-electron chi connectivity index (χ0n) is 18.0. The number of unbranched alkanes of at least 4 members (excludes halogenated alkanes) is 2. The maximum absolute atomic E-state index is 12.2. The highest BCUT2D eigenvalue weighted by molar-refractivity contribution is 6.35. The predicted octanol–water partition coefficient (Wildman–Crippen LogP) is 7.19. The zero-order chi connectivity index (χ0) is 23.2. The number of hydrogen-bond acceptors (Lipinski definition) is 2. The molecule has 0 radical (unpaired) electrons. The van der Waals surface area contributed by atoms with Crippen molar-refractivity contribution in [3.05, 3.63) is 98.7 Å². The lowest BCUT2D eigenvalue weighted by atomic mass is 10.1. The summed E-state index contributed by atoms with van der Waals surface area (Å²) >= 11 is 18.4. The van der Waals surface area contributed by atoms with Crippen molar-refractivity contribution in [1.29, 1.82) is 0 Å². The van der Waals surface area contributed by atoms with Gasteiger partial charge in [0, 0.05) is 33.6 Å². The Morgan fingerprint density at radius 1 is 0.879 bits per heavy atom. The second-order valence-corrected chi connectivity index (χ2v) is 9.19. The number of rotatable bonds is 9. The van der Waals surface area contributed by atoms with E-state index in [1.807, 2.05) is 30.3 Å². The third kappa shape index (κ3) is 6.08. The maximum atomic E-state index is 12.2.